The van der Waals surface area contributed by atoms with Crippen molar-refractivity contribution in [1.82, 2.24) is 10.3 Å². The molecule has 2 atom stereocenters. The Morgan fingerprint density at radius 2 is 1.71 bits per heavy atom. The van der Waals surface area contributed by atoms with Gasteiger partial charge in [-0.05, 0) is 29.8 Å². The minimum atomic E-state index is -3.71. The summed E-state index contributed by atoms with van der Waals surface area (Å²) in [6.07, 6.45) is 0.161. The van der Waals surface area contributed by atoms with Crippen LogP contribution >= 0.6 is 47.2 Å². The van der Waals surface area contributed by atoms with Crippen LogP contribution < -0.4 is 16.8 Å². The van der Waals surface area contributed by atoms with E-state index in [0.29, 0.717) is 5.56 Å². The Morgan fingerprint density at radius 3 is 2.29 bits per heavy atom. The summed E-state index contributed by atoms with van der Waals surface area (Å²) in [7, 11) is -3.71. The number of cyclic esters (lactones) is 1. The summed E-state index contributed by atoms with van der Waals surface area (Å²) < 4.78 is 30.4. The van der Waals surface area contributed by atoms with Crippen LogP contribution in [-0.2, 0) is 30.7 Å². The van der Waals surface area contributed by atoms with Crippen LogP contribution in [0.1, 0.15) is 15.9 Å². The number of aromatic nitrogens is 1. The first kappa shape index (κ1) is 34.3. The number of esters is 1. The van der Waals surface area contributed by atoms with Crippen LogP contribution in [0.2, 0.25) is 5.02 Å². The van der Waals surface area contributed by atoms with Gasteiger partial charge in [0.25, 0.3) is 5.91 Å². The highest BCUT2D eigenvalue weighted by molar-refractivity contribution is 7.91. The fourth-order valence-electron chi connectivity index (χ4n) is 3.48. The van der Waals surface area contributed by atoms with E-state index in [1.165, 1.54) is 30.5 Å². The number of pyridine rings is 1. The van der Waals surface area contributed by atoms with E-state index in [1.807, 2.05) is 0 Å². The number of carbonyl (C=O) groups is 3. The van der Waals surface area contributed by atoms with Gasteiger partial charge in [0.1, 0.15) is 10.9 Å². The maximum Gasteiger partial charge on any atom is 0.351 e. The molecule has 2 aromatic carbocycles. The summed E-state index contributed by atoms with van der Waals surface area (Å²) >= 11 is 16.9. The van der Waals surface area contributed by atoms with Gasteiger partial charge in [-0.15, -0.1) is 12.4 Å². The van der Waals surface area contributed by atoms with Gasteiger partial charge < -0.3 is 21.5 Å². The number of nitrogens with two attached hydrogens (primary N) is 2. The minimum absolute atomic E-state index is 0. The Kier molecular flexibility index (Phi) is 12.1. The summed E-state index contributed by atoms with van der Waals surface area (Å²) in [5.74, 6) is -3.54. The summed E-state index contributed by atoms with van der Waals surface area (Å²) in [6.45, 7) is 0.00697. The first-order valence-electron chi connectivity index (χ1n) is 11.4. The van der Waals surface area contributed by atoms with Crippen molar-refractivity contribution in [3.8, 4) is 6.07 Å². The average molecular weight is 673 g/mol. The highest BCUT2D eigenvalue weighted by Gasteiger charge is 2.40. The van der Waals surface area contributed by atoms with Crippen molar-refractivity contribution >= 4 is 80.6 Å². The molecule has 1 aliphatic heterocycles. The van der Waals surface area contributed by atoms with Gasteiger partial charge in [0.15, 0.2) is 12.0 Å². The quantitative estimate of drug-likeness (QED) is 0.313. The molecule has 0 saturated carbocycles. The number of primary amides is 1. The van der Waals surface area contributed by atoms with E-state index in [2.05, 4.69) is 15.0 Å². The van der Waals surface area contributed by atoms with Gasteiger partial charge in [-0.1, -0.05) is 71.2 Å². The zero-order valence-corrected chi connectivity index (χ0v) is 25.1. The lowest BCUT2D eigenvalue weighted by Crippen LogP contribution is -2.33. The molecule has 0 fully saturated rings. The molecule has 0 radical (unpaired) electrons. The number of carbonyl (C=O) groups excluding carboxylic acids is 3. The number of sulfone groups is 1. The predicted molar refractivity (Wildman–Crippen MR) is 157 cm³/mol. The number of nitrogen functional groups attached to an aromatic ring is 1. The largest absolute Gasteiger partial charge is 0.450 e. The van der Waals surface area contributed by atoms with E-state index >= 15 is 0 Å². The lowest BCUT2D eigenvalue weighted by Gasteiger charge is -2.12. The molecule has 1 aromatic heterocycles. The van der Waals surface area contributed by atoms with E-state index in [-0.39, 0.29) is 55.2 Å². The topological polar surface area (TPSA) is 195 Å². The molecule has 1 aliphatic rings. The minimum Gasteiger partial charge on any atom is -0.450 e. The zero-order valence-electron chi connectivity index (χ0n) is 21.2. The number of hydrogen-bond donors (Lipinski definition) is 3. The zero-order chi connectivity index (χ0) is 30.3. The van der Waals surface area contributed by atoms with Gasteiger partial charge in [0, 0.05) is 12.7 Å². The molecule has 2 amide bonds. The predicted octanol–water partition coefficient (Wildman–Crippen LogP) is 3.73. The van der Waals surface area contributed by atoms with Crippen molar-refractivity contribution in [1.29, 1.82) is 5.26 Å². The van der Waals surface area contributed by atoms with Crippen molar-refractivity contribution < 1.29 is 27.5 Å². The number of ether oxygens (including phenoxy) is 1. The maximum absolute atomic E-state index is 12.9. The molecule has 220 valence electrons. The number of anilines is 1. The molecule has 16 heteroatoms. The molecule has 0 spiro atoms. The number of rotatable bonds is 7. The molecule has 4 rings (SSSR count). The standard InChI is InChI=1S/C19H16ClN3O3S.C7H4Cl2N2O3.ClH/c20-14-10-16(18(21)22-12-14)19(24)23-11-13-6-4-5-9-17(13)27(25,26)15-7-2-1-3-8-15;8-3-4(9)7(13)14-5(3)2(1-10)6(11)12;/h1-10,12H,11H2,(H2,21,22)(H,23,24);2,5H,(H2,11,12);1H. The van der Waals surface area contributed by atoms with E-state index < -0.39 is 39.6 Å². The van der Waals surface area contributed by atoms with E-state index in [1.54, 1.807) is 42.5 Å². The number of halogens is 4. The van der Waals surface area contributed by atoms with Gasteiger partial charge in [-0.25, -0.2) is 18.2 Å². The second-order valence-corrected chi connectivity index (χ2v) is 11.3. The molecular weight excluding hydrogens is 652 g/mol. The van der Waals surface area contributed by atoms with Gasteiger partial charge in [-0.2, -0.15) is 5.26 Å². The Hall–Kier alpha value is -3.86. The number of benzene rings is 2. The number of nitriles is 1. The Morgan fingerprint density at radius 1 is 1.10 bits per heavy atom. The van der Waals surface area contributed by atoms with Crippen molar-refractivity contribution in [2.45, 2.75) is 22.4 Å². The highest BCUT2D eigenvalue weighted by atomic mass is 35.5. The van der Waals surface area contributed by atoms with Crippen LogP contribution in [0.3, 0.4) is 0 Å². The Balaban J connectivity index is 0.000000349. The molecule has 0 aliphatic carbocycles. The van der Waals surface area contributed by atoms with Gasteiger partial charge in [-0.3, -0.25) is 9.59 Å². The molecule has 3 aromatic rings. The molecule has 2 heterocycles. The van der Waals surface area contributed by atoms with Crippen LogP contribution in [0.15, 0.2) is 86.7 Å². The number of nitrogens with zero attached hydrogens (tertiary/aromatic N) is 2. The van der Waals surface area contributed by atoms with Crippen LogP contribution in [-0.4, -0.2) is 37.3 Å². The molecule has 0 bridgehead atoms. The summed E-state index contributed by atoms with van der Waals surface area (Å²) in [4.78, 5) is 38.2. The van der Waals surface area contributed by atoms with Crippen LogP contribution in [0.25, 0.3) is 0 Å². The highest BCUT2D eigenvalue weighted by Crippen LogP contribution is 2.32. The maximum atomic E-state index is 12.9. The normalized spacial score (nSPS) is 14.8. The molecule has 5 N–H and O–H groups in total. The number of amides is 2. The van der Waals surface area contributed by atoms with Gasteiger partial charge in [0.05, 0.1) is 31.5 Å². The second kappa shape index (κ2) is 14.9. The number of nitrogens with one attached hydrogen (secondary N) is 1. The van der Waals surface area contributed by atoms with E-state index in [0.717, 1.165) is 0 Å². The Bertz CT molecular complexity index is 1680. The fourth-order valence-corrected chi connectivity index (χ4v) is 5.55. The monoisotopic (exact) mass is 671 g/mol. The SMILES string of the molecule is Cl.N#CC(C(N)=O)C1OC(=O)C(Cl)=C1Cl.Nc1ncc(Cl)cc1C(=O)NCc1ccccc1S(=O)(=O)c1ccccc1. The molecular formula is C26H21Cl4N5O6S. The molecule has 0 saturated heterocycles. The third-order valence-corrected chi connectivity index (χ3v) is 8.44. The van der Waals surface area contributed by atoms with Gasteiger partial charge >= 0.3 is 5.97 Å². The van der Waals surface area contributed by atoms with E-state index in [4.69, 9.17) is 51.5 Å². The lowest BCUT2D eigenvalue weighted by molar-refractivity contribution is -0.141. The fraction of sp³-hybridized carbons (Fsp3) is 0.115. The summed E-state index contributed by atoms with van der Waals surface area (Å²) in [5, 5.41) is 11.0. The second-order valence-electron chi connectivity index (χ2n) is 8.19. The third kappa shape index (κ3) is 7.90. The Labute approximate surface area is 261 Å². The van der Waals surface area contributed by atoms with Crippen LogP contribution in [0.5, 0.6) is 0 Å². The smallest absolute Gasteiger partial charge is 0.351 e. The van der Waals surface area contributed by atoms with Crippen LogP contribution in [0.4, 0.5) is 5.82 Å². The first-order chi connectivity index (χ1) is 19.4. The van der Waals surface area contributed by atoms with Crippen molar-refractivity contribution in [3.63, 3.8) is 0 Å². The molecule has 2 unspecified atom stereocenters. The summed E-state index contributed by atoms with van der Waals surface area (Å²) in [6, 6.07) is 17.6. The van der Waals surface area contributed by atoms with Crippen molar-refractivity contribution in [2.24, 2.45) is 11.7 Å². The average Bonchev–Trinajstić information content (AvgIpc) is 3.21. The third-order valence-electron chi connectivity index (χ3n) is 5.51. The van der Waals surface area contributed by atoms with Crippen LogP contribution in [0, 0.1) is 17.2 Å². The molecule has 11 nitrogen and oxygen atoms in total. The summed E-state index contributed by atoms with van der Waals surface area (Å²) in [5.41, 5.74) is 11.2. The van der Waals surface area contributed by atoms with Crippen molar-refractivity contribution in [2.75, 3.05) is 5.73 Å². The van der Waals surface area contributed by atoms with E-state index in [9.17, 15) is 22.8 Å². The molecule has 42 heavy (non-hydrogen) atoms. The van der Waals surface area contributed by atoms with Crippen molar-refractivity contribution in [3.05, 3.63) is 93.1 Å². The number of hydrogen-bond acceptors (Lipinski definition) is 9. The first-order valence-corrected chi connectivity index (χ1v) is 14.0. The lowest BCUT2D eigenvalue weighted by atomic mass is 10.0. The van der Waals surface area contributed by atoms with Gasteiger partial charge in [0.2, 0.25) is 15.7 Å².